The minimum absolute atomic E-state index is 0.109. The maximum atomic E-state index is 12.1. The molecule has 2 aromatic heterocycles. The highest BCUT2D eigenvalue weighted by molar-refractivity contribution is 7.99. The molecule has 11 heteroatoms. The Balaban J connectivity index is 1.56. The summed E-state index contributed by atoms with van der Waals surface area (Å²) in [5.41, 5.74) is 4.76. The topological polar surface area (TPSA) is 123 Å². The molecule has 2 heterocycles. The highest BCUT2D eigenvalue weighted by atomic mass is 35.5. The van der Waals surface area contributed by atoms with Crippen LogP contribution in [0.1, 0.15) is 12.6 Å². The Morgan fingerprint density at radius 1 is 1.29 bits per heavy atom. The predicted molar refractivity (Wildman–Crippen MR) is 111 cm³/mol. The van der Waals surface area contributed by atoms with Crippen molar-refractivity contribution in [2.24, 2.45) is 5.10 Å². The minimum atomic E-state index is -0.214. The highest BCUT2D eigenvalue weighted by Crippen LogP contribution is 2.18. The molecule has 1 aromatic carbocycles. The van der Waals surface area contributed by atoms with E-state index < -0.39 is 0 Å². The van der Waals surface area contributed by atoms with Crippen molar-refractivity contribution in [3.8, 4) is 0 Å². The van der Waals surface area contributed by atoms with E-state index in [9.17, 15) is 4.79 Å². The Morgan fingerprint density at radius 2 is 2.14 bits per heavy atom. The van der Waals surface area contributed by atoms with E-state index in [0.29, 0.717) is 21.6 Å². The van der Waals surface area contributed by atoms with Crippen LogP contribution < -0.4 is 16.6 Å². The lowest BCUT2D eigenvalue weighted by atomic mass is 10.3. The van der Waals surface area contributed by atoms with Crippen LogP contribution in [0, 0.1) is 0 Å². The van der Waals surface area contributed by atoms with Crippen LogP contribution in [0.25, 0.3) is 0 Å². The van der Waals surface area contributed by atoms with Gasteiger partial charge in [-0.1, -0.05) is 35.5 Å². The third kappa shape index (κ3) is 5.21. The van der Waals surface area contributed by atoms with Crippen molar-refractivity contribution in [2.75, 3.05) is 22.3 Å². The molecule has 4 N–H and O–H groups in total. The molecule has 0 radical (unpaired) electrons. The Hall–Kier alpha value is -3.11. The third-order valence-electron chi connectivity index (χ3n) is 3.46. The fraction of sp³-hybridized carbons (Fsp3) is 0.118. The number of nitrogens with two attached hydrogens (primary N) is 1. The first-order valence-corrected chi connectivity index (χ1v) is 9.49. The van der Waals surface area contributed by atoms with Crippen LogP contribution in [-0.4, -0.2) is 37.2 Å². The number of thioether (sulfide) groups is 1. The van der Waals surface area contributed by atoms with E-state index in [-0.39, 0.29) is 17.6 Å². The second kappa shape index (κ2) is 9.20. The van der Waals surface area contributed by atoms with E-state index in [1.807, 2.05) is 25.1 Å². The van der Waals surface area contributed by atoms with Gasteiger partial charge in [-0.25, -0.2) is 10.1 Å². The lowest BCUT2D eigenvalue weighted by Crippen LogP contribution is -2.17. The van der Waals surface area contributed by atoms with Gasteiger partial charge < -0.3 is 11.2 Å². The summed E-state index contributed by atoms with van der Waals surface area (Å²) < 4.78 is 1.23. The number of amides is 1. The number of carbonyl (C=O) groups excluding carboxylic acids is 1. The molecule has 0 aliphatic heterocycles. The van der Waals surface area contributed by atoms with Gasteiger partial charge in [-0.15, -0.1) is 10.2 Å². The zero-order valence-corrected chi connectivity index (χ0v) is 16.4. The van der Waals surface area contributed by atoms with E-state index in [0.717, 1.165) is 17.5 Å². The number of anilines is 2. The number of carbonyl (C=O) groups is 1. The van der Waals surface area contributed by atoms with Crippen LogP contribution in [-0.2, 0) is 4.79 Å². The van der Waals surface area contributed by atoms with Crippen LogP contribution in [0.4, 0.5) is 11.6 Å². The Morgan fingerprint density at radius 3 is 2.89 bits per heavy atom. The van der Waals surface area contributed by atoms with E-state index in [4.69, 9.17) is 17.4 Å². The number of halogens is 1. The summed E-state index contributed by atoms with van der Waals surface area (Å²) in [6.07, 6.45) is 1.68. The minimum Gasteiger partial charge on any atom is -0.334 e. The zero-order chi connectivity index (χ0) is 19.9. The van der Waals surface area contributed by atoms with Crippen molar-refractivity contribution in [3.63, 3.8) is 0 Å². The zero-order valence-electron chi connectivity index (χ0n) is 14.8. The van der Waals surface area contributed by atoms with Crippen LogP contribution in [0.5, 0.6) is 0 Å². The summed E-state index contributed by atoms with van der Waals surface area (Å²) >= 11 is 7.05. The number of rotatable bonds is 7. The van der Waals surface area contributed by atoms with Crippen molar-refractivity contribution < 1.29 is 4.79 Å². The molecular formula is C17H17ClN8OS. The summed E-state index contributed by atoms with van der Waals surface area (Å²) in [6, 6.07) is 12.4. The molecule has 0 unspecified atom stereocenters. The van der Waals surface area contributed by atoms with Gasteiger partial charge in [0.05, 0.1) is 17.2 Å². The van der Waals surface area contributed by atoms with E-state index >= 15 is 0 Å². The quantitative estimate of drug-likeness (QED) is 0.234. The van der Waals surface area contributed by atoms with Crippen molar-refractivity contribution >= 4 is 46.6 Å². The standard InChI is InChI=1S/C17H17ClN8OS/c1-11(14-7-2-3-8-20-14)22-23-16-24-25-17(26(16)19)28-10-15(27)21-13-6-4-5-12(18)9-13/h2-9H,10,19H2,1H3,(H,21,27)(H,23,24)/b22-11+. The van der Waals surface area contributed by atoms with Crippen molar-refractivity contribution in [1.29, 1.82) is 0 Å². The second-order valence-electron chi connectivity index (χ2n) is 5.55. The summed E-state index contributed by atoms with van der Waals surface area (Å²) in [7, 11) is 0. The van der Waals surface area contributed by atoms with Crippen molar-refractivity contribution in [2.45, 2.75) is 12.1 Å². The number of hydrogen-bond donors (Lipinski definition) is 3. The number of nitrogens with one attached hydrogen (secondary N) is 2. The van der Waals surface area contributed by atoms with Gasteiger partial charge in [0, 0.05) is 16.9 Å². The molecule has 144 valence electrons. The predicted octanol–water partition coefficient (Wildman–Crippen LogP) is 2.61. The van der Waals surface area contributed by atoms with Crippen LogP contribution in [0.2, 0.25) is 5.02 Å². The summed E-state index contributed by atoms with van der Waals surface area (Å²) in [4.78, 5) is 16.3. The normalized spacial score (nSPS) is 11.3. The molecule has 0 aliphatic rings. The number of nitrogens with zero attached hydrogens (tertiary/aromatic N) is 5. The van der Waals surface area contributed by atoms with Gasteiger partial charge in [-0.05, 0) is 37.3 Å². The summed E-state index contributed by atoms with van der Waals surface area (Å²) in [5, 5.41) is 15.8. The summed E-state index contributed by atoms with van der Waals surface area (Å²) in [5.74, 6) is 6.10. The van der Waals surface area contributed by atoms with Gasteiger partial charge in [0.1, 0.15) is 0 Å². The molecule has 3 rings (SSSR count). The average molecular weight is 417 g/mol. The number of hydrogen-bond acceptors (Lipinski definition) is 8. The van der Waals surface area contributed by atoms with Crippen molar-refractivity contribution in [3.05, 3.63) is 59.4 Å². The Labute approximate surface area is 170 Å². The van der Waals surface area contributed by atoms with Gasteiger partial charge in [0.15, 0.2) is 0 Å². The van der Waals surface area contributed by atoms with Gasteiger partial charge in [0.25, 0.3) is 5.95 Å². The maximum Gasteiger partial charge on any atom is 0.264 e. The van der Waals surface area contributed by atoms with E-state index in [1.165, 1.54) is 4.68 Å². The van der Waals surface area contributed by atoms with Crippen LogP contribution in [0.15, 0.2) is 58.9 Å². The molecule has 0 saturated carbocycles. The maximum absolute atomic E-state index is 12.1. The lowest BCUT2D eigenvalue weighted by molar-refractivity contribution is -0.113. The smallest absolute Gasteiger partial charge is 0.264 e. The molecular weight excluding hydrogens is 400 g/mol. The van der Waals surface area contributed by atoms with Gasteiger partial charge in [0.2, 0.25) is 11.1 Å². The molecule has 0 fully saturated rings. The van der Waals surface area contributed by atoms with Crippen LogP contribution >= 0.6 is 23.4 Å². The number of nitrogen functional groups attached to an aromatic ring is 1. The molecule has 3 aromatic rings. The molecule has 0 spiro atoms. The monoisotopic (exact) mass is 416 g/mol. The fourth-order valence-electron chi connectivity index (χ4n) is 2.11. The second-order valence-corrected chi connectivity index (χ2v) is 6.93. The number of hydrazone groups is 1. The molecule has 0 aliphatic carbocycles. The first-order valence-electron chi connectivity index (χ1n) is 8.13. The van der Waals surface area contributed by atoms with E-state index in [1.54, 1.807) is 30.5 Å². The fourth-order valence-corrected chi connectivity index (χ4v) is 2.96. The summed E-state index contributed by atoms with van der Waals surface area (Å²) in [6.45, 7) is 1.81. The lowest BCUT2D eigenvalue weighted by Gasteiger charge is -2.06. The molecule has 1 amide bonds. The van der Waals surface area contributed by atoms with Crippen LogP contribution in [0.3, 0.4) is 0 Å². The number of benzene rings is 1. The molecule has 0 atom stereocenters. The molecule has 0 saturated heterocycles. The first kappa shape index (κ1) is 19.6. The highest BCUT2D eigenvalue weighted by Gasteiger charge is 2.12. The SMILES string of the molecule is C/C(=N\Nc1nnc(SCC(=O)Nc2cccc(Cl)c2)n1N)c1ccccn1. The average Bonchev–Trinajstić information content (AvgIpc) is 3.05. The third-order valence-corrected chi connectivity index (χ3v) is 4.64. The van der Waals surface area contributed by atoms with Gasteiger partial charge in [-0.3, -0.25) is 9.78 Å². The Bertz CT molecular complexity index is 992. The Kier molecular flexibility index (Phi) is 6.45. The number of aromatic nitrogens is 4. The first-order chi connectivity index (χ1) is 13.5. The van der Waals surface area contributed by atoms with Crippen molar-refractivity contribution in [1.82, 2.24) is 19.9 Å². The number of pyridine rings is 1. The molecule has 9 nitrogen and oxygen atoms in total. The largest absolute Gasteiger partial charge is 0.334 e. The van der Waals surface area contributed by atoms with Gasteiger partial charge in [-0.2, -0.15) is 5.10 Å². The van der Waals surface area contributed by atoms with Gasteiger partial charge >= 0.3 is 0 Å². The molecule has 0 bridgehead atoms. The molecule has 28 heavy (non-hydrogen) atoms. The van der Waals surface area contributed by atoms with E-state index in [2.05, 4.69) is 31.0 Å².